The Balaban J connectivity index is 0.00000320. The van der Waals surface area contributed by atoms with Crippen LogP contribution in [-0.2, 0) is 13.0 Å². The van der Waals surface area contributed by atoms with Crippen LogP contribution < -0.4 is 15.5 Å². The molecule has 6 nitrogen and oxygen atoms in total. The average Bonchev–Trinajstić information content (AvgIpc) is 2.74. The summed E-state index contributed by atoms with van der Waals surface area (Å²) in [5.74, 6) is 1.86. The maximum absolute atomic E-state index is 6.23. The van der Waals surface area contributed by atoms with Crippen LogP contribution in [0.3, 0.4) is 0 Å². The fourth-order valence-electron chi connectivity index (χ4n) is 3.26. The number of nitrogens with one attached hydrogen (secondary N) is 2. The second kappa shape index (κ2) is 13.0. The van der Waals surface area contributed by atoms with E-state index in [1.54, 1.807) is 0 Å². The Morgan fingerprint density at radius 3 is 2.53 bits per heavy atom. The van der Waals surface area contributed by atoms with E-state index in [2.05, 4.69) is 57.6 Å². The summed E-state index contributed by atoms with van der Waals surface area (Å²) < 4.78 is 0. The van der Waals surface area contributed by atoms with Gasteiger partial charge in [0, 0.05) is 50.5 Å². The maximum atomic E-state index is 6.23. The van der Waals surface area contributed by atoms with Crippen LogP contribution in [0.5, 0.6) is 0 Å². The summed E-state index contributed by atoms with van der Waals surface area (Å²) in [7, 11) is 2.16. The molecular weight excluding hydrogens is 511 g/mol. The molecule has 0 aliphatic carbocycles. The molecule has 2 heterocycles. The van der Waals surface area contributed by atoms with E-state index in [-0.39, 0.29) is 24.0 Å². The number of hydrogen-bond acceptors (Lipinski definition) is 4. The zero-order valence-electron chi connectivity index (χ0n) is 17.8. The van der Waals surface area contributed by atoms with Gasteiger partial charge in [0.2, 0.25) is 0 Å². The summed E-state index contributed by atoms with van der Waals surface area (Å²) in [4.78, 5) is 14.0. The van der Waals surface area contributed by atoms with Crippen LogP contribution in [0.25, 0.3) is 0 Å². The Bertz CT molecular complexity index is 790. The number of aromatic nitrogens is 1. The largest absolute Gasteiger partial charge is 0.357 e. The molecule has 2 aromatic rings. The summed E-state index contributed by atoms with van der Waals surface area (Å²) in [6.07, 6.45) is 2.79. The van der Waals surface area contributed by atoms with Crippen LogP contribution in [-0.4, -0.2) is 62.2 Å². The van der Waals surface area contributed by atoms with Crippen LogP contribution in [0.1, 0.15) is 18.1 Å². The molecule has 2 N–H and O–H groups in total. The van der Waals surface area contributed by atoms with Gasteiger partial charge in [-0.05, 0) is 43.7 Å². The summed E-state index contributed by atoms with van der Waals surface area (Å²) in [5.41, 5.74) is 2.24. The lowest BCUT2D eigenvalue weighted by Crippen LogP contribution is -2.44. The van der Waals surface area contributed by atoms with E-state index in [9.17, 15) is 0 Å². The molecule has 1 saturated heterocycles. The molecule has 1 aliphatic rings. The molecule has 1 fully saturated rings. The van der Waals surface area contributed by atoms with Gasteiger partial charge in [0.25, 0.3) is 0 Å². The van der Waals surface area contributed by atoms with Crippen molar-refractivity contribution in [2.24, 2.45) is 4.99 Å². The molecule has 8 heteroatoms. The summed E-state index contributed by atoms with van der Waals surface area (Å²) in [5, 5.41) is 7.48. The van der Waals surface area contributed by atoms with Crippen molar-refractivity contribution in [1.82, 2.24) is 20.5 Å². The highest BCUT2D eigenvalue weighted by atomic mass is 127. The number of pyridine rings is 1. The van der Waals surface area contributed by atoms with Crippen molar-refractivity contribution in [2.75, 3.05) is 51.2 Å². The van der Waals surface area contributed by atoms with Crippen LogP contribution in [0.4, 0.5) is 5.82 Å². The lowest BCUT2D eigenvalue weighted by molar-refractivity contribution is 0.312. The Hall–Kier alpha value is -1.58. The Labute approximate surface area is 202 Å². The van der Waals surface area contributed by atoms with Crippen LogP contribution >= 0.6 is 35.6 Å². The van der Waals surface area contributed by atoms with Crippen molar-refractivity contribution >= 4 is 47.4 Å². The van der Waals surface area contributed by atoms with Crippen LogP contribution in [0.2, 0.25) is 5.02 Å². The minimum Gasteiger partial charge on any atom is -0.357 e. The number of guanidine groups is 1. The number of halogens is 2. The van der Waals surface area contributed by atoms with Gasteiger partial charge in [-0.25, -0.2) is 9.98 Å². The highest BCUT2D eigenvalue weighted by Gasteiger charge is 2.14. The van der Waals surface area contributed by atoms with Gasteiger partial charge < -0.3 is 20.4 Å². The van der Waals surface area contributed by atoms with Gasteiger partial charge in [-0.2, -0.15) is 0 Å². The third-order valence-electron chi connectivity index (χ3n) is 5.04. The Morgan fingerprint density at radius 1 is 1.10 bits per heavy atom. The summed E-state index contributed by atoms with van der Waals surface area (Å²) in [6, 6.07) is 12.2. The molecule has 0 atom stereocenters. The number of hydrogen-bond donors (Lipinski definition) is 2. The second-order valence-electron chi connectivity index (χ2n) is 7.28. The molecule has 1 aliphatic heterocycles. The van der Waals surface area contributed by atoms with E-state index < -0.39 is 0 Å². The first-order chi connectivity index (χ1) is 14.2. The molecule has 0 unspecified atom stereocenters. The van der Waals surface area contributed by atoms with Gasteiger partial charge in [-0.15, -0.1) is 24.0 Å². The summed E-state index contributed by atoms with van der Waals surface area (Å²) in [6.45, 7) is 8.48. The van der Waals surface area contributed by atoms with Gasteiger partial charge in [0.05, 0.1) is 6.54 Å². The first kappa shape index (κ1) is 24.7. The van der Waals surface area contributed by atoms with E-state index in [1.165, 1.54) is 0 Å². The van der Waals surface area contributed by atoms with Crippen molar-refractivity contribution in [3.05, 3.63) is 58.7 Å². The number of benzene rings is 1. The predicted octanol–water partition coefficient (Wildman–Crippen LogP) is 3.40. The molecule has 0 bridgehead atoms. The minimum absolute atomic E-state index is 0. The fraction of sp³-hybridized carbons (Fsp3) is 0.455. The third kappa shape index (κ3) is 7.59. The number of nitrogens with zero attached hydrogens (tertiary/aromatic N) is 4. The Morgan fingerprint density at radius 2 is 1.87 bits per heavy atom. The molecule has 1 aromatic heterocycles. The first-order valence-corrected chi connectivity index (χ1v) is 10.7. The molecule has 0 spiro atoms. The molecule has 3 rings (SSSR count). The van der Waals surface area contributed by atoms with Gasteiger partial charge in [-0.3, -0.25) is 0 Å². The molecule has 1 aromatic carbocycles. The van der Waals surface area contributed by atoms with Gasteiger partial charge >= 0.3 is 0 Å². The van der Waals surface area contributed by atoms with Gasteiger partial charge in [-0.1, -0.05) is 35.9 Å². The topological polar surface area (TPSA) is 55.8 Å². The van der Waals surface area contributed by atoms with Crippen molar-refractivity contribution < 1.29 is 0 Å². The lowest BCUT2D eigenvalue weighted by atomic mass is 10.1. The highest BCUT2D eigenvalue weighted by Crippen LogP contribution is 2.15. The molecule has 30 heavy (non-hydrogen) atoms. The van der Waals surface area contributed by atoms with Gasteiger partial charge in [0.1, 0.15) is 5.82 Å². The average molecular weight is 543 g/mol. The number of aliphatic imine (C=N–C) groups is 1. The number of piperazine rings is 1. The smallest absolute Gasteiger partial charge is 0.191 e. The monoisotopic (exact) mass is 542 g/mol. The second-order valence-corrected chi connectivity index (χ2v) is 7.69. The van der Waals surface area contributed by atoms with E-state index in [4.69, 9.17) is 16.6 Å². The van der Waals surface area contributed by atoms with E-state index in [1.807, 2.05) is 24.4 Å². The molecule has 0 saturated carbocycles. The summed E-state index contributed by atoms with van der Waals surface area (Å²) >= 11 is 6.23. The van der Waals surface area contributed by atoms with Crippen molar-refractivity contribution in [1.29, 1.82) is 0 Å². The quantitative estimate of drug-likeness (QED) is 0.319. The normalized spacial score (nSPS) is 14.9. The van der Waals surface area contributed by atoms with Gasteiger partial charge in [0.15, 0.2) is 5.96 Å². The molecular formula is C22H32ClIN6. The SMILES string of the molecule is CCNC(=NCc1ccc(N2CCN(C)CC2)nc1)NCCc1ccccc1Cl.I. The predicted molar refractivity (Wildman–Crippen MR) is 137 cm³/mol. The maximum Gasteiger partial charge on any atom is 0.191 e. The fourth-order valence-corrected chi connectivity index (χ4v) is 3.49. The van der Waals surface area contributed by atoms with E-state index in [0.717, 1.165) is 73.6 Å². The standard InChI is InChI=1S/C22H31ClN6.HI/c1-3-24-22(25-11-10-19-6-4-5-7-20(19)23)27-17-18-8-9-21(26-16-18)29-14-12-28(2)13-15-29;/h4-9,16H,3,10-15,17H2,1-2H3,(H2,24,25,27);1H. The van der Waals surface area contributed by atoms with Crippen molar-refractivity contribution in [2.45, 2.75) is 19.9 Å². The number of likely N-dealkylation sites (N-methyl/N-ethyl adjacent to an activating group) is 1. The molecule has 0 amide bonds. The van der Waals surface area contributed by atoms with Crippen molar-refractivity contribution in [3.63, 3.8) is 0 Å². The number of anilines is 1. The Kier molecular flexibility index (Phi) is 10.7. The van der Waals surface area contributed by atoms with Crippen LogP contribution in [0.15, 0.2) is 47.6 Å². The van der Waals surface area contributed by atoms with Crippen LogP contribution in [0, 0.1) is 0 Å². The molecule has 0 radical (unpaired) electrons. The van der Waals surface area contributed by atoms with E-state index >= 15 is 0 Å². The lowest BCUT2D eigenvalue weighted by Gasteiger charge is -2.33. The minimum atomic E-state index is 0. The first-order valence-electron chi connectivity index (χ1n) is 10.3. The van der Waals surface area contributed by atoms with Crippen molar-refractivity contribution in [3.8, 4) is 0 Å². The third-order valence-corrected chi connectivity index (χ3v) is 5.41. The zero-order valence-corrected chi connectivity index (χ0v) is 20.9. The molecule has 164 valence electrons. The highest BCUT2D eigenvalue weighted by molar-refractivity contribution is 14.0. The zero-order chi connectivity index (χ0) is 20.5. The number of rotatable bonds is 7. The van der Waals surface area contributed by atoms with E-state index in [0.29, 0.717) is 6.54 Å².